The van der Waals surface area contributed by atoms with Gasteiger partial charge in [0.05, 0.1) is 6.61 Å². The molecule has 0 aliphatic carbocycles. The van der Waals surface area contributed by atoms with E-state index < -0.39 is 36.3 Å². The van der Waals surface area contributed by atoms with Gasteiger partial charge in [0.15, 0.2) is 17.2 Å². The molecule has 1 saturated heterocycles. The molecule has 1 unspecified atom stereocenters. The van der Waals surface area contributed by atoms with Crippen LogP contribution in [0, 0.1) is 17.1 Å². The van der Waals surface area contributed by atoms with Gasteiger partial charge in [0.2, 0.25) is 5.60 Å². The number of alkyl halides is 1. The predicted octanol–water partition coefficient (Wildman–Crippen LogP) is -0.502. The van der Waals surface area contributed by atoms with E-state index in [0.717, 1.165) is 10.6 Å². The Morgan fingerprint density at radius 3 is 2.95 bits per heavy atom. The van der Waals surface area contributed by atoms with Crippen LogP contribution in [-0.2, 0) is 4.74 Å². The number of terminal acetylenes is 1. The van der Waals surface area contributed by atoms with E-state index in [-0.39, 0.29) is 4.77 Å². The lowest BCUT2D eigenvalue weighted by Gasteiger charge is -2.25. The molecule has 0 bridgehead atoms. The Labute approximate surface area is 112 Å². The molecule has 0 amide bonds. The number of aliphatic hydroxyl groups is 2. The molecule has 19 heavy (non-hydrogen) atoms. The fourth-order valence-electron chi connectivity index (χ4n) is 1.93. The van der Waals surface area contributed by atoms with Gasteiger partial charge in [0.25, 0.3) is 5.56 Å². The zero-order valence-electron chi connectivity index (χ0n) is 9.62. The van der Waals surface area contributed by atoms with Crippen molar-refractivity contribution in [1.82, 2.24) is 9.55 Å². The zero-order valence-corrected chi connectivity index (χ0v) is 10.4. The molecule has 1 aliphatic heterocycles. The maximum absolute atomic E-state index is 14.0. The van der Waals surface area contributed by atoms with E-state index in [1.807, 2.05) is 5.92 Å². The number of aliphatic hydroxyl groups excluding tert-OH is 1. The summed E-state index contributed by atoms with van der Waals surface area (Å²) in [5, 5.41) is 19.2. The molecule has 6 nitrogen and oxygen atoms in total. The third-order valence-corrected chi connectivity index (χ3v) is 3.25. The number of nitrogens with zero attached hydrogens (tertiary/aromatic N) is 1. The highest BCUT2D eigenvalue weighted by Gasteiger charge is 2.56. The highest BCUT2D eigenvalue weighted by Crippen LogP contribution is 2.39. The van der Waals surface area contributed by atoms with Gasteiger partial charge in [-0.3, -0.25) is 14.3 Å². The standard InChI is InChI=1S/C11H11FN2O4S/c1-2-11(17)8(12)6(5-15)18-9(11)14-4-3-7(16)13-10(14)19/h1,3-4,6,8-9,15,17H,5H2,(H,13,16,19)/t6-,8?,9-,11-/m1/s1. The monoisotopic (exact) mass is 286 g/mol. The number of rotatable bonds is 2. The van der Waals surface area contributed by atoms with Crippen LogP contribution in [0.25, 0.3) is 0 Å². The summed E-state index contributed by atoms with van der Waals surface area (Å²) >= 11 is 4.90. The number of ether oxygens (including phenoxy) is 1. The quantitative estimate of drug-likeness (QED) is 0.504. The molecule has 1 aromatic rings. The lowest BCUT2D eigenvalue weighted by molar-refractivity contribution is -0.0739. The first-order chi connectivity index (χ1) is 8.93. The summed E-state index contributed by atoms with van der Waals surface area (Å²) in [6, 6.07) is 1.13. The summed E-state index contributed by atoms with van der Waals surface area (Å²) < 4.78 is 20.2. The van der Waals surface area contributed by atoms with Crippen molar-refractivity contribution in [3.63, 3.8) is 0 Å². The molecule has 1 fully saturated rings. The van der Waals surface area contributed by atoms with E-state index in [9.17, 15) is 14.3 Å². The van der Waals surface area contributed by atoms with Crippen LogP contribution in [0.4, 0.5) is 4.39 Å². The molecule has 1 aromatic heterocycles. The fraction of sp³-hybridized carbons (Fsp3) is 0.455. The van der Waals surface area contributed by atoms with E-state index in [2.05, 4.69) is 4.98 Å². The predicted molar refractivity (Wildman–Crippen MR) is 65.6 cm³/mol. The van der Waals surface area contributed by atoms with Crippen LogP contribution < -0.4 is 5.56 Å². The normalized spacial score (nSPS) is 34.1. The van der Waals surface area contributed by atoms with Crippen molar-refractivity contribution in [3.05, 3.63) is 27.4 Å². The Kier molecular flexibility index (Phi) is 3.56. The van der Waals surface area contributed by atoms with E-state index in [4.69, 9.17) is 28.5 Å². The first-order valence-electron chi connectivity index (χ1n) is 5.36. The van der Waals surface area contributed by atoms with Gasteiger partial charge < -0.3 is 14.9 Å². The van der Waals surface area contributed by atoms with Crippen molar-refractivity contribution < 1.29 is 19.3 Å². The lowest BCUT2D eigenvalue weighted by Crippen LogP contribution is -2.43. The Balaban J connectivity index is 2.52. The van der Waals surface area contributed by atoms with Crippen LogP contribution in [0.2, 0.25) is 0 Å². The molecule has 3 N–H and O–H groups in total. The van der Waals surface area contributed by atoms with Gasteiger partial charge in [-0.2, -0.15) is 0 Å². The maximum Gasteiger partial charge on any atom is 0.251 e. The van der Waals surface area contributed by atoms with Crippen LogP contribution in [0.15, 0.2) is 17.1 Å². The summed E-state index contributed by atoms with van der Waals surface area (Å²) in [6.45, 7) is -0.641. The summed E-state index contributed by atoms with van der Waals surface area (Å²) in [5.74, 6) is 1.93. The van der Waals surface area contributed by atoms with Crippen molar-refractivity contribution in [3.8, 4) is 12.3 Å². The average Bonchev–Trinajstić information content (AvgIpc) is 2.63. The first-order valence-corrected chi connectivity index (χ1v) is 5.77. The fourth-order valence-corrected chi connectivity index (χ4v) is 2.19. The van der Waals surface area contributed by atoms with Crippen molar-refractivity contribution in [2.45, 2.75) is 24.1 Å². The van der Waals surface area contributed by atoms with Gasteiger partial charge >= 0.3 is 0 Å². The van der Waals surface area contributed by atoms with Gasteiger partial charge in [-0.25, -0.2) is 4.39 Å². The van der Waals surface area contributed by atoms with Crippen LogP contribution in [-0.4, -0.2) is 44.2 Å². The maximum atomic E-state index is 14.0. The van der Waals surface area contributed by atoms with Crippen molar-refractivity contribution >= 4 is 12.2 Å². The third kappa shape index (κ3) is 2.11. The number of hydrogen-bond acceptors (Lipinski definition) is 5. The minimum atomic E-state index is -2.27. The molecule has 2 rings (SSSR count). The molecule has 102 valence electrons. The Hall–Kier alpha value is -1.53. The van der Waals surface area contributed by atoms with E-state index in [1.54, 1.807) is 0 Å². The van der Waals surface area contributed by atoms with Gasteiger partial charge in [0.1, 0.15) is 6.10 Å². The number of H-pyrrole nitrogens is 1. The van der Waals surface area contributed by atoms with Crippen LogP contribution in [0.3, 0.4) is 0 Å². The average molecular weight is 286 g/mol. The van der Waals surface area contributed by atoms with E-state index in [0.29, 0.717) is 0 Å². The van der Waals surface area contributed by atoms with Crippen molar-refractivity contribution in [2.24, 2.45) is 0 Å². The highest BCUT2D eigenvalue weighted by molar-refractivity contribution is 7.71. The molecule has 0 saturated carbocycles. The molecule has 1 aliphatic rings. The number of nitrogens with one attached hydrogen (secondary N) is 1. The second-order valence-electron chi connectivity index (χ2n) is 4.10. The minimum absolute atomic E-state index is 0.0723. The molecule has 4 atom stereocenters. The largest absolute Gasteiger partial charge is 0.394 e. The zero-order chi connectivity index (χ0) is 14.2. The summed E-state index contributed by atoms with van der Waals surface area (Å²) in [7, 11) is 0. The molecule has 0 spiro atoms. The number of aromatic amines is 1. The topological polar surface area (TPSA) is 87.5 Å². The second-order valence-corrected chi connectivity index (χ2v) is 4.49. The summed E-state index contributed by atoms with van der Waals surface area (Å²) in [5.41, 5.74) is -2.72. The van der Waals surface area contributed by atoms with Crippen molar-refractivity contribution in [2.75, 3.05) is 6.61 Å². The molecule has 2 heterocycles. The smallest absolute Gasteiger partial charge is 0.251 e. The number of halogens is 1. The molecule has 8 heteroatoms. The van der Waals surface area contributed by atoms with Crippen LogP contribution in [0.5, 0.6) is 0 Å². The first kappa shape index (κ1) is 13.9. The van der Waals surface area contributed by atoms with Gasteiger partial charge in [-0.15, -0.1) is 6.42 Å². The summed E-state index contributed by atoms with van der Waals surface area (Å²) in [6.07, 6.45) is 1.84. The van der Waals surface area contributed by atoms with Gasteiger partial charge in [-0.1, -0.05) is 5.92 Å². The molecular weight excluding hydrogens is 275 g/mol. The Bertz CT molecular complexity index is 637. The molecule has 0 aromatic carbocycles. The Morgan fingerprint density at radius 2 is 2.42 bits per heavy atom. The van der Waals surface area contributed by atoms with Crippen LogP contribution >= 0.6 is 12.2 Å². The highest BCUT2D eigenvalue weighted by atomic mass is 32.1. The van der Waals surface area contributed by atoms with Gasteiger partial charge in [-0.05, 0) is 12.2 Å². The SMILES string of the molecule is C#C[C@@]1(O)C(F)[C@@H](CO)O[C@H]1n1ccc(=O)[nH]c1=S. The molecular formula is C11H11FN2O4S. The van der Waals surface area contributed by atoms with E-state index in [1.165, 1.54) is 6.20 Å². The number of hydrogen-bond donors (Lipinski definition) is 3. The number of aromatic nitrogens is 2. The lowest BCUT2D eigenvalue weighted by atomic mass is 9.96. The third-order valence-electron chi connectivity index (χ3n) is 2.94. The molecule has 0 radical (unpaired) electrons. The van der Waals surface area contributed by atoms with Crippen molar-refractivity contribution in [1.29, 1.82) is 0 Å². The minimum Gasteiger partial charge on any atom is -0.394 e. The summed E-state index contributed by atoms with van der Waals surface area (Å²) in [4.78, 5) is 13.4. The van der Waals surface area contributed by atoms with E-state index >= 15 is 0 Å². The Morgan fingerprint density at radius 1 is 1.74 bits per heavy atom. The van der Waals surface area contributed by atoms with Crippen LogP contribution in [0.1, 0.15) is 6.23 Å². The second kappa shape index (κ2) is 4.86. The van der Waals surface area contributed by atoms with Gasteiger partial charge in [0, 0.05) is 12.3 Å².